The van der Waals surface area contributed by atoms with Crippen molar-refractivity contribution in [2.45, 2.75) is 11.9 Å². The van der Waals surface area contributed by atoms with Crippen molar-refractivity contribution in [1.82, 2.24) is 4.98 Å². The van der Waals surface area contributed by atoms with Gasteiger partial charge in [0, 0.05) is 13.1 Å². The molecule has 0 aromatic carbocycles. The zero-order chi connectivity index (χ0) is 10.6. The molecule has 6 heteroatoms. The van der Waals surface area contributed by atoms with Gasteiger partial charge < -0.3 is 5.32 Å². The van der Waals surface area contributed by atoms with E-state index in [4.69, 9.17) is 0 Å². The first kappa shape index (κ1) is 10.8. The van der Waals surface area contributed by atoms with Gasteiger partial charge in [0.1, 0.15) is 5.82 Å². The minimum absolute atomic E-state index is 0.0656. The summed E-state index contributed by atoms with van der Waals surface area (Å²) in [5.74, 6) is 1.41. The number of rotatable bonds is 4. The van der Waals surface area contributed by atoms with Crippen molar-refractivity contribution in [3.05, 3.63) is 22.2 Å². The fraction of sp³-hybridized carbons (Fsp3) is 0.375. The molecule has 0 bridgehead atoms. The van der Waals surface area contributed by atoms with Crippen molar-refractivity contribution in [2.75, 3.05) is 18.1 Å². The zero-order valence-electron chi connectivity index (χ0n) is 7.98. The predicted molar refractivity (Wildman–Crippen MR) is 56.8 cm³/mol. The van der Waals surface area contributed by atoms with Crippen LogP contribution in [0.2, 0.25) is 0 Å². The van der Waals surface area contributed by atoms with E-state index in [1.807, 2.05) is 6.92 Å². The van der Waals surface area contributed by atoms with E-state index in [-0.39, 0.29) is 5.69 Å². The van der Waals surface area contributed by atoms with Crippen LogP contribution >= 0.6 is 11.8 Å². The van der Waals surface area contributed by atoms with Crippen LogP contribution in [0, 0.1) is 10.1 Å². The Morgan fingerprint density at radius 1 is 1.64 bits per heavy atom. The third-order valence-corrected chi connectivity index (χ3v) is 2.44. The van der Waals surface area contributed by atoms with Gasteiger partial charge in [0.2, 0.25) is 0 Å². The van der Waals surface area contributed by atoms with Crippen molar-refractivity contribution < 1.29 is 4.92 Å². The van der Waals surface area contributed by atoms with Crippen LogP contribution in [0.25, 0.3) is 0 Å². The van der Waals surface area contributed by atoms with Crippen LogP contribution in [-0.4, -0.2) is 22.7 Å². The first-order valence-corrected chi connectivity index (χ1v) is 5.13. The molecule has 14 heavy (non-hydrogen) atoms. The molecule has 76 valence electrons. The highest BCUT2D eigenvalue weighted by Gasteiger charge is 2.15. The van der Waals surface area contributed by atoms with E-state index in [1.165, 1.54) is 17.8 Å². The van der Waals surface area contributed by atoms with Crippen molar-refractivity contribution in [2.24, 2.45) is 0 Å². The Morgan fingerprint density at radius 3 is 2.86 bits per heavy atom. The van der Waals surface area contributed by atoms with Gasteiger partial charge in [0.15, 0.2) is 5.03 Å². The minimum Gasteiger partial charge on any atom is -0.373 e. The van der Waals surface area contributed by atoms with E-state index in [1.54, 1.807) is 13.1 Å². The highest BCUT2D eigenvalue weighted by Crippen LogP contribution is 2.27. The maximum Gasteiger partial charge on any atom is 0.301 e. The molecular formula is C8H11N3O2S. The van der Waals surface area contributed by atoms with Crippen LogP contribution in [-0.2, 0) is 0 Å². The fourth-order valence-electron chi connectivity index (χ4n) is 0.954. The van der Waals surface area contributed by atoms with Gasteiger partial charge >= 0.3 is 5.69 Å². The molecule has 1 aromatic heterocycles. The summed E-state index contributed by atoms with van der Waals surface area (Å²) in [7, 11) is 1.73. The molecule has 1 heterocycles. The summed E-state index contributed by atoms with van der Waals surface area (Å²) in [4.78, 5) is 14.3. The summed E-state index contributed by atoms with van der Waals surface area (Å²) in [5, 5.41) is 13.9. The molecule has 0 amide bonds. The second-order valence-corrected chi connectivity index (χ2v) is 3.71. The third kappa shape index (κ3) is 2.35. The van der Waals surface area contributed by atoms with Crippen LogP contribution in [0.1, 0.15) is 6.92 Å². The van der Waals surface area contributed by atoms with Crippen molar-refractivity contribution in [3.63, 3.8) is 0 Å². The monoisotopic (exact) mass is 213 g/mol. The number of anilines is 1. The third-order valence-electron chi connectivity index (χ3n) is 1.57. The van der Waals surface area contributed by atoms with E-state index in [9.17, 15) is 10.1 Å². The van der Waals surface area contributed by atoms with E-state index in [2.05, 4.69) is 10.3 Å². The van der Waals surface area contributed by atoms with Gasteiger partial charge in [-0.25, -0.2) is 4.98 Å². The van der Waals surface area contributed by atoms with Gasteiger partial charge in [0.25, 0.3) is 0 Å². The second kappa shape index (κ2) is 4.80. The van der Waals surface area contributed by atoms with Gasteiger partial charge in [-0.2, -0.15) is 0 Å². The molecule has 0 aliphatic rings. The van der Waals surface area contributed by atoms with E-state index in [0.717, 1.165) is 5.75 Å². The summed E-state index contributed by atoms with van der Waals surface area (Å²) in [6, 6.07) is 3.06. The largest absolute Gasteiger partial charge is 0.373 e. The summed E-state index contributed by atoms with van der Waals surface area (Å²) in [5.41, 5.74) is 0.0656. The molecule has 0 fully saturated rings. The highest BCUT2D eigenvalue weighted by molar-refractivity contribution is 7.99. The number of nitrogens with zero attached hydrogens (tertiary/aromatic N) is 2. The zero-order valence-corrected chi connectivity index (χ0v) is 8.80. The lowest BCUT2D eigenvalue weighted by Gasteiger charge is -2.03. The SMILES string of the molecule is CCSc1nc(NC)ccc1[N+](=O)[O-]. The second-order valence-electron chi connectivity index (χ2n) is 2.46. The Bertz CT molecular complexity index is 343. The molecule has 0 radical (unpaired) electrons. The molecule has 0 spiro atoms. The molecule has 1 rings (SSSR count). The van der Waals surface area contributed by atoms with Crippen LogP contribution in [0.15, 0.2) is 17.2 Å². The van der Waals surface area contributed by atoms with Gasteiger partial charge in [-0.05, 0) is 11.8 Å². The van der Waals surface area contributed by atoms with E-state index >= 15 is 0 Å². The minimum atomic E-state index is -0.412. The number of hydrogen-bond donors (Lipinski definition) is 1. The Kier molecular flexibility index (Phi) is 3.70. The van der Waals surface area contributed by atoms with Gasteiger partial charge in [0.05, 0.1) is 4.92 Å². The Labute approximate surface area is 86.1 Å². The Hall–Kier alpha value is -1.30. The normalized spacial score (nSPS) is 9.86. The number of aromatic nitrogens is 1. The first-order chi connectivity index (χ1) is 6.69. The number of hydrogen-bond acceptors (Lipinski definition) is 5. The van der Waals surface area contributed by atoms with E-state index in [0.29, 0.717) is 10.8 Å². The summed E-state index contributed by atoms with van der Waals surface area (Å²) in [6.07, 6.45) is 0. The quantitative estimate of drug-likeness (QED) is 0.471. The molecule has 0 saturated heterocycles. The molecule has 5 nitrogen and oxygen atoms in total. The van der Waals surface area contributed by atoms with Crippen molar-refractivity contribution >= 4 is 23.3 Å². The number of nitrogens with one attached hydrogen (secondary N) is 1. The Balaban J connectivity index is 3.10. The number of pyridine rings is 1. The van der Waals surface area contributed by atoms with Gasteiger partial charge in [-0.3, -0.25) is 10.1 Å². The molecule has 0 unspecified atom stereocenters. The van der Waals surface area contributed by atoms with Crippen molar-refractivity contribution in [1.29, 1.82) is 0 Å². The standard InChI is InChI=1S/C8H11N3O2S/c1-3-14-8-6(11(12)13)4-5-7(9-2)10-8/h4-5H,3H2,1-2H3,(H,9,10). The van der Waals surface area contributed by atoms with Gasteiger partial charge in [-0.1, -0.05) is 18.7 Å². The van der Waals surface area contributed by atoms with Gasteiger partial charge in [-0.15, -0.1) is 0 Å². The van der Waals surface area contributed by atoms with Crippen LogP contribution in [0.4, 0.5) is 11.5 Å². The molecule has 1 N–H and O–H groups in total. The van der Waals surface area contributed by atoms with E-state index < -0.39 is 4.92 Å². The summed E-state index contributed by atoms with van der Waals surface area (Å²) < 4.78 is 0. The number of nitro groups is 1. The smallest absolute Gasteiger partial charge is 0.301 e. The van der Waals surface area contributed by atoms with Crippen LogP contribution in [0.3, 0.4) is 0 Å². The average Bonchev–Trinajstić information content (AvgIpc) is 2.17. The molecular weight excluding hydrogens is 202 g/mol. The summed E-state index contributed by atoms with van der Waals surface area (Å²) >= 11 is 1.37. The Morgan fingerprint density at radius 2 is 2.36 bits per heavy atom. The molecule has 0 atom stereocenters. The number of thioether (sulfide) groups is 1. The molecule has 0 aliphatic carbocycles. The molecule has 1 aromatic rings. The summed E-state index contributed by atoms with van der Waals surface area (Å²) in [6.45, 7) is 1.93. The molecule has 0 aliphatic heterocycles. The topological polar surface area (TPSA) is 68.1 Å². The maximum atomic E-state index is 10.6. The van der Waals surface area contributed by atoms with Crippen LogP contribution in [0.5, 0.6) is 0 Å². The lowest BCUT2D eigenvalue weighted by Crippen LogP contribution is -1.97. The van der Waals surface area contributed by atoms with Crippen molar-refractivity contribution in [3.8, 4) is 0 Å². The predicted octanol–water partition coefficient (Wildman–Crippen LogP) is 2.14. The molecule has 0 saturated carbocycles. The lowest BCUT2D eigenvalue weighted by atomic mass is 10.4. The first-order valence-electron chi connectivity index (χ1n) is 4.15. The average molecular weight is 213 g/mol. The highest BCUT2D eigenvalue weighted by atomic mass is 32.2. The maximum absolute atomic E-state index is 10.6. The fourth-order valence-corrected chi connectivity index (χ4v) is 1.68. The van der Waals surface area contributed by atoms with Crippen LogP contribution < -0.4 is 5.32 Å². The lowest BCUT2D eigenvalue weighted by molar-refractivity contribution is -0.388.